The summed E-state index contributed by atoms with van der Waals surface area (Å²) in [6.07, 6.45) is 1.31. The molecule has 1 atom stereocenters. The molecule has 4 heteroatoms. The van der Waals surface area contributed by atoms with E-state index < -0.39 is 0 Å². The molecule has 1 fully saturated rings. The summed E-state index contributed by atoms with van der Waals surface area (Å²) >= 11 is 0. The van der Waals surface area contributed by atoms with Gasteiger partial charge < -0.3 is 10.1 Å². The van der Waals surface area contributed by atoms with Crippen LogP contribution in [0.4, 0.5) is 0 Å². The summed E-state index contributed by atoms with van der Waals surface area (Å²) in [6, 6.07) is 0. The molecule has 0 aliphatic carbocycles. The highest BCUT2D eigenvalue weighted by Crippen LogP contribution is 2.15. The Morgan fingerprint density at radius 3 is 2.80 bits per heavy atom. The normalized spacial score (nSPS) is 24.9. The minimum Gasteiger partial charge on any atom is -0.411 e. The third-order valence-corrected chi connectivity index (χ3v) is 2.76. The number of nitrogens with zero attached hydrogens (tertiary/aromatic N) is 2. The fourth-order valence-corrected chi connectivity index (χ4v) is 1.88. The minimum absolute atomic E-state index is 0.180. The lowest BCUT2D eigenvalue weighted by molar-refractivity contribution is -0.132. The summed E-state index contributed by atoms with van der Waals surface area (Å²) < 4.78 is 0. The van der Waals surface area contributed by atoms with Crippen molar-refractivity contribution in [3.05, 3.63) is 0 Å². The Labute approximate surface area is 90.9 Å². The molecule has 15 heavy (non-hydrogen) atoms. The molecule has 0 saturated carbocycles. The SMILES string of the molecule is CC(C)CC(=O)N1CCC(=NO)C(C)C1. The number of rotatable bonds is 2. The molecule has 1 aliphatic rings. The Bertz CT molecular complexity index is 261. The first-order valence-corrected chi connectivity index (χ1v) is 5.53. The van der Waals surface area contributed by atoms with Crippen molar-refractivity contribution in [1.82, 2.24) is 4.90 Å². The van der Waals surface area contributed by atoms with Crippen LogP contribution in [0.5, 0.6) is 0 Å². The lowest BCUT2D eigenvalue weighted by atomic mass is 9.97. The number of amides is 1. The summed E-state index contributed by atoms with van der Waals surface area (Å²) in [6.45, 7) is 7.46. The molecular formula is C11H20N2O2. The van der Waals surface area contributed by atoms with Crippen molar-refractivity contribution in [3.63, 3.8) is 0 Å². The topological polar surface area (TPSA) is 52.9 Å². The second-order valence-electron chi connectivity index (χ2n) is 4.68. The molecule has 1 saturated heterocycles. The number of oxime groups is 1. The van der Waals surface area contributed by atoms with Gasteiger partial charge in [-0.2, -0.15) is 0 Å². The van der Waals surface area contributed by atoms with E-state index >= 15 is 0 Å². The molecule has 0 radical (unpaired) electrons. The van der Waals surface area contributed by atoms with E-state index in [1.165, 1.54) is 0 Å². The second-order valence-corrected chi connectivity index (χ2v) is 4.68. The molecule has 0 bridgehead atoms. The summed E-state index contributed by atoms with van der Waals surface area (Å²) in [5.74, 6) is 0.800. The standard InChI is InChI=1S/C11H20N2O2/c1-8(2)6-11(14)13-5-4-10(12-15)9(3)7-13/h8-9,15H,4-7H2,1-3H3. The highest BCUT2D eigenvalue weighted by Gasteiger charge is 2.25. The van der Waals surface area contributed by atoms with E-state index in [1.807, 2.05) is 25.7 Å². The Kier molecular flexibility index (Phi) is 4.12. The number of carbonyl (C=O) groups is 1. The van der Waals surface area contributed by atoms with Crippen LogP contribution in [-0.4, -0.2) is 34.8 Å². The van der Waals surface area contributed by atoms with Crippen LogP contribution in [0.1, 0.15) is 33.6 Å². The summed E-state index contributed by atoms with van der Waals surface area (Å²) in [5.41, 5.74) is 0.809. The average Bonchev–Trinajstić information content (AvgIpc) is 2.16. The molecule has 1 rings (SSSR count). The monoisotopic (exact) mass is 212 g/mol. The molecule has 0 aromatic rings. The van der Waals surface area contributed by atoms with Crippen LogP contribution in [0.15, 0.2) is 5.16 Å². The van der Waals surface area contributed by atoms with Crippen LogP contribution in [0.2, 0.25) is 0 Å². The lowest BCUT2D eigenvalue weighted by Crippen LogP contribution is -2.43. The van der Waals surface area contributed by atoms with E-state index in [0.29, 0.717) is 31.8 Å². The highest BCUT2D eigenvalue weighted by atomic mass is 16.4. The maximum Gasteiger partial charge on any atom is 0.222 e. The predicted molar refractivity (Wildman–Crippen MR) is 59.0 cm³/mol. The zero-order valence-corrected chi connectivity index (χ0v) is 9.73. The Morgan fingerprint density at radius 2 is 2.33 bits per heavy atom. The zero-order valence-electron chi connectivity index (χ0n) is 9.73. The van der Waals surface area contributed by atoms with E-state index in [4.69, 9.17) is 5.21 Å². The highest BCUT2D eigenvalue weighted by molar-refractivity contribution is 5.89. The first-order chi connectivity index (χ1) is 7.04. The van der Waals surface area contributed by atoms with Gasteiger partial charge in [-0.3, -0.25) is 4.79 Å². The third kappa shape index (κ3) is 3.22. The molecular weight excluding hydrogens is 192 g/mol. The maximum absolute atomic E-state index is 11.8. The van der Waals surface area contributed by atoms with Crippen molar-refractivity contribution in [1.29, 1.82) is 0 Å². The van der Waals surface area contributed by atoms with Crippen LogP contribution in [0.25, 0.3) is 0 Å². The van der Waals surface area contributed by atoms with E-state index in [9.17, 15) is 4.79 Å². The number of carbonyl (C=O) groups excluding carboxylic acids is 1. The lowest BCUT2D eigenvalue weighted by Gasteiger charge is -2.32. The fraction of sp³-hybridized carbons (Fsp3) is 0.818. The molecule has 1 heterocycles. The zero-order chi connectivity index (χ0) is 11.4. The summed E-state index contributed by atoms with van der Waals surface area (Å²) in [5, 5.41) is 12.0. The van der Waals surface area contributed by atoms with Gasteiger partial charge in [-0.05, 0) is 5.92 Å². The van der Waals surface area contributed by atoms with Gasteiger partial charge in [0.05, 0.1) is 5.71 Å². The van der Waals surface area contributed by atoms with E-state index in [1.54, 1.807) is 0 Å². The van der Waals surface area contributed by atoms with Gasteiger partial charge in [0, 0.05) is 31.8 Å². The van der Waals surface area contributed by atoms with Crippen LogP contribution in [-0.2, 0) is 4.79 Å². The van der Waals surface area contributed by atoms with Gasteiger partial charge in [0.25, 0.3) is 0 Å². The fourth-order valence-electron chi connectivity index (χ4n) is 1.88. The molecule has 1 unspecified atom stereocenters. The molecule has 0 aromatic carbocycles. The smallest absolute Gasteiger partial charge is 0.222 e. The van der Waals surface area contributed by atoms with Gasteiger partial charge in [-0.1, -0.05) is 25.9 Å². The van der Waals surface area contributed by atoms with Crippen molar-refractivity contribution in [2.75, 3.05) is 13.1 Å². The molecule has 1 N–H and O–H groups in total. The summed E-state index contributed by atoms with van der Waals surface area (Å²) in [4.78, 5) is 13.6. The van der Waals surface area contributed by atoms with Gasteiger partial charge in [0.1, 0.15) is 0 Å². The van der Waals surface area contributed by atoms with E-state index in [2.05, 4.69) is 5.16 Å². The predicted octanol–water partition coefficient (Wildman–Crippen LogP) is 1.73. The molecule has 1 aliphatic heterocycles. The van der Waals surface area contributed by atoms with Crippen LogP contribution < -0.4 is 0 Å². The average molecular weight is 212 g/mol. The molecule has 0 aromatic heterocycles. The first-order valence-electron chi connectivity index (χ1n) is 5.53. The van der Waals surface area contributed by atoms with Crippen molar-refractivity contribution in [2.24, 2.45) is 17.0 Å². The largest absolute Gasteiger partial charge is 0.411 e. The second kappa shape index (κ2) is 5.14. The van der Waals surface area contributed by atoms with Crippen LogP contribution >= 0.6 is 0 Å². The molecule has 1 amide bonds. The van der Waals surface area contributed by atoms with Crippen molar-refractivity contribution >= 4 is 11.6 Å². The Hall–Kier alpha value is -1.06. The van der Waals surface area contributed by atoms with Crippen molar-refractivity contribution < 1.29 is 10.0 Å². The quantitative estimate of drug-likeness (QED) is 0.560. The Balaban J connectivity index is 2.50. The molecule has 4 nitrogen and oxygen atoms in total. The Morgan fingerprint density at radius 1 is 1.67 bits per heavy atom. The number of piperidine rings is 1. The van der Waals surface area contributed by atoms with E-state index in [-0.39, 0.29) is 11.8 Å². The van der Waals surface area contributed by atoms with Gasteiger partial charge in [-0.15, -0.1) is 0 Å². The van der Waals surface area contributed by atoms with Crippen molar-refractivity contribution in [3.8, 4) is 0 Å². The third-order valence-electron chi connectivity index (χ3n) is 2.76. The molecule has 0 spiro atoms. The van der Waals surface area contributed by atoms with Gasteiger partial charge >= 0.3 is 0 Å². The van der Waals surface area contributed by atoms with Crippen molar-refractivity contribution in [2.45, 2.75) is 33.6 Å². The van der Waals surface area contributed by atoms with Gasteiger partial charge in [0.15, 0.2) is 0 Å². The van der Waals surface area contributed by atoms with Gasteiger partial charge in [-0.25, -0.2) is 0 Å². The van der Waals surface area contributed by atoms with E-state index in [0.717, 1.165) is 5.71 Å². The summed E-state index contributed by atoms with van der Waals surface area (Å²) in [7, 11) is 0. The molecule has 86 valence electrons. The van der Waals surface area contributed by atoms with Crippen LogP contribution in [0.3, 0.4) is 0 Å². The van der Waals surface area contributed by atoms with Gasteiger partial charge in [0.2, 0.25) is 5.91 Å². The first kappa shape index (κ1) is 12.0. The number of hydrogen-bond acceptors (Lipinski definition) is 3. The van der Waals surface area contributed by atoms with Crippen LogP contribution in [0, 0.1) is 11.8 Å². The number of hydrogen-bond donors (Lipinski definition) is 1. The minimum atomic E-state index is 0.180. The number of likely N-dealkylation sites (tertiary alicyclic amines) is 1. The maximum atomic E-state index is 11.8.